The number of benzene rings is 2. The molecule has 1 aliphatic heterocycles. The molecule has 0 aliphatic carbocycles. The molecule has 3 aromatic rings. The maximum Gasteiger partial charge on any atom is 0.264 e. The lowest BCUT2D eigenvalue weighted by Crippen LogP contribution is -2.20. The first-order valence-electron chi connectivity index (χ1n) is 9.84. The number of carbonyl (C=O) groups excluding carboxylic acids is 1. The van der Waals surface area contributed by atoms with E-state index in [0.717, 1.165) is 5.69 Å². The molecular weight excluding hydrogens is 507 g/mol. The molecule has 0 bridgehead atoms. The minimum atomic E-state index is -0.576. The highest BCUT2D eigenvalue weighted by molar-refractivity contribution is 9.10. The Balaban J connectivity index is 1.42. The molecule has 1 aromatic heterocycles. The molecule has 1 N–H and O–H groups in total. The summed E-state index contributed by atoms with van der Waals surface area (Å²) >= 11 is 4.53. The van der Waals surface area contributed by atoms with E-state index < -0.39 is 5.82 Å². The average Bonchev–Trinajstić information content (AvgIpc) is 3.16. The van der Waals surface area contributed by atoms with Gasteiger partial charge in [0.25, 0.3) is 5.91 Å². The van der Waals surface area contributed by atoms with E-state index in [9.17, 15) is 9.18 Å². The summed E-state index contributed by atoms with van der Waals surface area (Å²) in [7, 11) is 0. The number of halogens is 2. The molecule has 0 spiro atoms. The average molecular weight is 523 g/mol. The van der Waals surface area contributed by atoms with Crippen LogP contribution in [0.2, 0.25) is 0 Å². The van der Waals surface area contributed by atoms with E-state index in [1.165, 1.54) is 23.9 Å². The fraction of sp³-hybridized carbons (Fsp3) is 0.0833. The van der Waals surface area contributed by atoms with E-state index in [-0.39, 0.29) is 11.7 Å². The Kier molecular flexibility index (Phi) is 7.17. The Labute approximate surface area is 202 Å². The normalized spacial score (nSPS) is 15.5. The summed E-state index contributed by atoms with van der Waals surface area (Å²) in [5, 5.41) is 12.2. The van der Waals surface area contributed by atoms with Crippen LogP contribution in [-0.2, 0) is 11.2 Å². The minimum absolute atomic E-state index is 0.0304. The number of ether oxygens (including phenoxy) is 1. The lowest BCUT2D eigenvalue weighted by molar-refractivity contribution is -0.115. The predicted octanol–water partition coefficient (Wildman–Crippen LogP) is 5.45. The van der Waals surface area contributed by atoms with E-state index in [1.54, 1.807) is 36.5 Å². The van der Waals surface area contributed by atoms with Gasteiger partial charge in [0.2, 0.25) is 0 Å². The van der Waals surface area contributed by atoms with Crippen LogP contribution in [0.5, 0.6) is 11.5 Å². The molecule has 164 valence electrons. The zero-order chi connectivity index (χ0) is 23.2. The molecule has 0 radical (unpaired) electrons. The van der Waals surface area contributed by atoms with Gasteiger partial charge >= 0.3 is 0 Å². The van der Waals surface area contributed by atoms with Gasteiger partial charge in [-0.25, -0.2) is 4.39 Å². The summed E-state index contributed by atoms with van der Waals surface area (Å²) < 4.78 is 20.8. The number of carbonyl (C=O) groups is 1. The summed E-state index contributed by atoms with van der Waals surface area (Å²) in [5.41, 5.74) is 1.91. The van der Waals surface area contributed by atoms with Gasteiger partial charge in [0.15, 0.2) is 16.7 Å². The number of hydrogen-bond donors (Lipinski definition) is 1. The Hall–Kier alpha value is -3.48. The van der Waals surface area contributed by atoms with Gasteiger partial charge < -0.3 is 10.1 Å². The van der Waals surface area contributed by atoms with Crippen molar-refractivity contribution in [1.82, 2.24) is 10.3 Å². The number of aromatic nitrogens is 1. The van der Waals surface area contributed by atoms with Crippen molar-refractivity contribution in [3.63, 3.8) is 0 Å². The smallest absolute Gasteiger partial charge is 0.264 e. The standard InChI is InChI=1S/C24H16BrFN4O2S/c25-18-11-16(14-27)5-6-20(18)32-21-7-4-15(12-19(21)26)13-22-23(31)30-24(33-22)29-10-8-17-3-1-2-9-28-17/h1-7,9,11-13H,8,10H2,(H,29,30,31)/b22-13-. The molecule has 0 unspecified atom stereocenters. The number of nitriles is 1. The Morgan fingerprint density at radius 2 is 2.06 bits per heavy atom. The van der Waals surface area contributed by atoms with Gasteiger partial charge in [0.1, 0.15) is 5.75 Å². The summed E-state index contributed by atoms with van der Waals surface area (Å²) in [6.07, 6.45) is 4.00. The van der Waals surface area contributed by atoms with E-state index in [2.05, 4.69) is 31.2 Å². The Bertz CT molecular complexity index is 1310. The molecule has 2 aromatic carbocycles. The van der Waals surface area contributed by atoms with Crippen molar-refractivity contribution in [2.75, 3.05) is 6.54 Å². The monoisotopic (exact) mass is 522 g/mol. The molecule has 4 rings (SSSR count). The molecule has 33 heavy (non-hydrogen) atoms. The van der Waals surface area contributed by atoms with E-state index >= 15 is 0 Å². The van der Waals surface area contributed by atoms with Crippen LogP contribution in [0.15, 0.2) is 75.2 Å². The summed E-state index contributed by atoms with van der Waals surface area (Å²) in [6, 6.07) is 16.9. The summed E-state index contributed by atoms with van der Waals surface area (Å²) in [5.74, 6) is -0.439. The molecule has 6 nitrogen and oxygen atoms in total. The highest BCUT2D eigenvalue weighted by Crippen LogP contribution is 2.33. The molecule has 1 saturated heterocycles. The van der Waals surface area contributed by atoms with Crippen LogP contribution in [-0.4, -0.2) is 22.6 Å². The van der Waals surface area contributed by atoms with Crippen molar-refractivity contribution < 1.29 is 13.9 Å². The zero-order valence-electron chi connectivity index (χ0n) is 17.1. The number of amidine groups is 1. The van der Waals surface area contributed by atoms with Crippen molar-refractivity contribution >= 4 is 44.8 Å². The number of amides is 1. The first kappa shape index (κ1) is 22.7. The minimum Gasteiger partial charge on any atom is -0.453 e. The molecule has 9 heteroatoms. The van der Waals surface area contributed by atoms with Gasteiger partial charge in [-0.15, -0.1) is 0 Å². The van der Waals surface area contributed by atoms with Crippen molar-refractivity contribution in [2.24, 2.45) is 4.99 Å². The lowest BCUT2D eigenvalue weighted by Gasteiger charge is -2.09. The SMILES string of the molecule is N#Cc1ccc(Oc2ccc(/C=C3\SC(=NCCc4ccccn4)NC3=O)cc2F)c(Br)c1. The maximum atomic E-state index is 14.6. The van der Waals surface area contributed by atoms with Crippen LogP contribution < -0.4 is 10.1 Å². The number of hydrogen-bond acceptors (Lipinski definition) is 6. The van der Waals surface area contributed by atoms with Gasteiger partial charge in [-0.2, -0.15) is 5.26 Å². The van der Waals surface area contributed by atoms with Crippen LogP contribution in [0.25, 0.3) is 6.08 Å². The van der Waals surface area contributed by atoms with E-state index in [0.29, 0.717) is 44.4 Å². The highest BCUT2D eigenvalue weighted by Gasteiger charge is 2.23. The fourth-order valence-electron chi connectivity index (χ4n) is 2.93. The first-order chi connectivity index (χ1) is 16.0. The number of aliphatic imine (C=N–C) groups is 1. The van der Waals surface area contributed by atoms with Crippen LogP contribution >= 0.6 is 27.7 Å². The van der Waals surface area contributed by atoms with Crippen LogP contribution in [0, 0.1) is 17.1 Å². The molecule has 0 saturated carbocycles. The fourth-order valence-corrected chi connectivity index (χ4v) is 4.24. The van der Waals surface area contributed by atoms with Gasteiger partial charge in [-0.1, -0.05) is 12.1 Å². The second kappa shape index (κ2) is 10.4. The Morgan fingerprint density at radius 1 is 1.21 bits per heavy atom. The highest BCUT2D eigenvalue weighted by atomic mass is 79.9. The van der Waals surface area contributed by atoms with Crippen LogP contribution in [0.3, 0.4) is 0 Å². The largest absolute Gasteiger partial charge is 0.453 e. The summed E-state index contributed by atoms with van der Waals surface area (Å²) in [6.45, 7) is 0.498. The number of nitrogens with one attached hydrogen (secondary N) is 1. The third kappa shape index (κ3) is 5.86. The van der Waals surface area contributed by atoms with Crippen molar-refractivity contribution in [1.29, 1.82) is 5.26 Å². The van der Waals surface area contributed by atoms with Crippen LogP contribution in [0.1, 0.15) is 16.8 Å². The van der Waals surface area contributed by atoms with Crippen LogP contribution in [0.4, 0.5) is 4.39 Å². The second-order valence-electron chi connectivity index (χ2n) is 6.87. The van der Waals surface area contributed by atoms with Crippen molar-refractivity contribution in [3.05, 3.63) is 92.8 Å². The predicted molar refractivity (Wildman–Crippen MR) is 129 cm³/mol. The number of pyridine rings is 1. The third-order valence-electron chi connectivity index (χ3n) is 4.53. The van der Waals surface area contributed by atoms with Gasteiger partial charge in [0.05, 0.1) is 21.0 Å². The van der Waals surface area contributed by atoms with E-state index in [4.69, 9.17) is 10.00 Å². The second-order valence-corrected chi connectivity index (χ2v) is 8.76. The molecule has 1 fully saturated rings. The topological polar surface area (TPSA) is 87.4 Å². The quantitative estimate of drug-likeness (QED) is 0.435. The van der Waals surface area contributed by atoms with Crippen molar-refractivity contribution in [2.45, 2.75) is 6.42 Å². The molecule has 1 aliphatic rings. The first-order valence-corrected chi connectivity index (χ1v) is 11.4. The Morgan fingerprint density at radius 3 is 2.79 bits per heavy atom. The molecule has 0 atom stereocenters. The number of thioether (sulfide) groups is 1. The number of nitrogens with zero attached hydrogens (tertiary/aromatic N) is 3. The third-order valence-corrected chi connectivity index (χ3v) is 6.10. The molecule has 1 amide bonds. The van der Waals surface area contributed by atoms with Gasteiger partial charge in [-0.3, -0.25) is 14.8 Å². The molecular formula is C24H16BrFN4O2S. The van der Waals surface area contributed by atoms with Gasteiger partial charge in [-0.05, 0) is 81.8 Å². The lowest BCUT2D eigenvalue weighted by atomic mass is 10.2. The van der Waals surface area contributed by atoms with E-state index in [1.807, 2.05) is 24.3 Å². The maximum absolute atomic E-state index is 14.6. The zero-order valence-corrected chi connectivity index (χ0v) is 19.5. The molecule has 2 heterocycles. The van der Waals surface area contributed by atoms with Gasteiger partial charge in [0, 0.05) is 24.9 Å². The van der Waals surface area contributed by atoms with Crippen molar-refractivity contribution in [3.8, 4) is 17.6 Å². The number of rotatable bonds is 6. The summed E-state index contributed by atoms with van der Waals surface area (Å²) in [4.78, 5) is 21.3.